The van der Waals surface area contributed by atoms with Gasteiger partial charge in [0.1, 0.15) is 0 Å². The molecule has 3 N–H and O–H groups in total. The van der Waals surface area contributed by atoms with Crippen LogP contribution in [0.5, 0.6) is 0 Å². The minimum Gasteiger partial charge on any atom is -0.481 e. The fraction of sp³-hybridized carbons (Fsp3) is 0.917. The van der Waals surface area contributed by atoms with Crippen LogP contribution in [-0.2, 0) is 4.79 Å². The summed E-state index contributed by atoms with van der Waals surface area (Å²) in [5, 5.41) is 9.40. The van der Waals surface area contributed by atoms with Gasteiger partial charge in [-0.05, 0) is 37.5 Å². The zero-order valence-corrected chi connectivity index (χ0v) is 10.0. The minimum absolute atomic E-state index is 0.0693. The molecule has 0 aromatic carbocycles. The highest BCUT2D eigenvalue weighted by Crippen LogP contribution is 2.44. The molecule has 1 saturated carbocycles. The van der Waals surface area contributed by atoms with Crippen molar-refractivity contribution < 1.29 is 9.90 Å². The topological polar surface area (TPSA) is 63.3 Å². The number of aliphatic carboxylic acids is 1. The van der Waals surface area contributed by atoms with E-state index < -0.39 is 11.4 Å². The van der Waals surface area contributed by atoms with Crippen LogP contribution in [0.2, 0.25) is 0 Å². The number of hydrogen-bond acceptors (Lipinski definition) is 2. The van der Waals surface area contributed by atoms with Crippen molar-refractivity contribution in [3.05, 3.63) is 0 Å². The molecule has 0 atom stereocenters. The Balaban J connectivity index is 2.76. The number of carbonyl (C=O) groups is 1. The van der Waals surface area contributed by atoms with Crippen molar-refractivity contribution in [3.63, 3.8) is 0 Å². The Morgan fingerprint density at radius 2 is 1.87 bits per heavy atom. The Bertz CT molecular complexity index is 234. The molecule has 3 heteroatoms. The van der Waals surface area contributed by atoms with Gasteiger partial charge in [0.25, 0.3) is 0 Å². The summed E-state index contributed by atoms with van der Waals surface area (Å²) < 4.78 is 0. The molecule has 0 saturated heterocycles. The third kappa shape index (κ3) is 3.20. The second kappa shape index (κ2) is 4.12. The van der Waals surface area contributed by atoms with Gasteiger partial charge >= 0.3 is 5.97 Å². The third-order valence-corrected chi connectivity index (χ3v) is 3.31. The van der Waals surface area contributed by atoms with Crippen LogP contribution in [0.25, 0.3) is 0 Å². The summed E-state index contributed by atoms with van der Waals surface area (Å²) in [6.45, 7) is 6.31. The van der Waals surface area contributed by atoms with E-state index in [9.17, 15) is 9.90 Å². The molecular weight excluding hydrogens is 190 g/mol. The van der Waals surface area contributed by atoms with Crippen LogP contribution in [0.4, 0.5) is 0 Å². The smallest absolute Gasteiger partial charge is 0.309 e. The van der Waals surface area contributed by atoms with Gasteiger partial charge in [0.05, 0.1) is 5.41 Å². The van der Waals surface area contributed by atoms with Crippen LogP contribution in [0, 0.1) is 10.8 Å². The van der Waals surface area contributed by atoms with E-state index in [1.165, 1.54) is 0 Å². The standard InChI is InChI=1S/C12H23NO2/c1-11(2,3)8-12(10(14)15)6-4-9(13)5-7-12/h9H,4-8,13H2,1-3H3,(H,14,15). The molecule has 1 aliphatic carbocycles. The van der Waals surface area contributed by atoms with Gasteiger partial charge in [0, 0.05) is 6.04 Å². The largest absolute Gasteiger partial charge is 0.481 e. The quantitative estimate of drug-likeness (QED) is 0.740. The third-order valence-electron chi connectivity index (χ3n) is 3.31. The Hall–Kier alpha value is -0.570. The highest BCUT2D eigenvalue weighted by molar-refractivity contribution is 5.74. The van der Waals surface area contributed by atoms with E-state index in [0.29, 0.717) is 0 Å². The van der Waals surface area contributed by atoms with Crippen molar-refractivity contribution >= 4 is 5.97 Å². The first kappa shape index (κ1) is 12.5. The maximum atomic E-state index is 11.4. The summed E-state index contributed by atoms with van der Waals surface area (Å²) in [7, 11) is 0. The number of nitrogens with two attached hydrogens (primary N) is 1. The van der Waals surface area contributed by atoms with Crippen molar-refractivity contribution in [3.8, 4) is 0 Å². The fourth-order valence-corrected chi connectivity index (χ4v) is 2.67. The minimum atomic E-state index is -0.635. The predicted octanol–water partition coefficient (Wildman–Crippen LogP) is 2.39. The normalized spacial score (nSPS) is 32.7. The van der Waals surface area contributed by atoms with Gasteiger partial charge in [-0.25, -0.2) is 0 Å². The van der Waals surface area contributed by atoms with Crippen molar-refractivity contribution in [2.24, 2.45) is 16.6 Å². The van der Waals surface area contributed by atoms with E-state index in [0.717, 1.165) is 32.1 Å². The van der Waals surface area contributed by atoms with Crippen LogP contribution in [-0.4, -0.2) is 17.1 Å². The molecule has 88 valence electrons. The molecule has 0 aliphatic heterocycles. The molecule has 0 amide bonds. The molecule has 0 heterocycles. The van der Waals surface area contributed by atoms with Gasteiger partial charge in [-0.15, -0.1) is 0 Å². The van der Waals surface area contributed by atoms with Gasteiger partial charge in [0.2, 0.25) is 0 Å². The first-order chi connectivity index (χ1) is 6.75. The molecule has 0 spiro atoms. The van der Waals surface area contributed by atoms with Gasteiger partial charge in [-0.2, -0.15) is 0 Å². The highest BCUT2D eigenvalue weighted by Gasteiger charge is 2.43. The van der Waals surface area contributed by atoms with Crippen LogP contribution < -0.4 is 5.73 Å². The molecule has 0 aromatic heterocycles. The maximum Gasteiger partial charge on any atom is 0.309 e. The summed E-state index contributed by atoms with van der Waals surface area (Å²) in [6.07, 6.45) is 3.92. The lowest BCUT2D eigenvalue weighted by molar-refractivity contribution is -0.153. The zero-order chi connectivity index (χ0) is 11.7. The van der Waals surface area contributed by atoms with E-state index in [2.05, 4.69) is 20.8 Å². The average molecular weight is 213 g/mol. The van der Waals surface area contributed by atoms with Crippen molar-refractivity contribution in [2.75, 3.05) is 0 Å². The van der Waals surface area contributed by atoms with Gasteiger partial charge < -0.3 is 10.8 Å². The van der Waals surface area contributed by atoms with Crippen LogP contribution >= 0.6 is 0 Å². The lowest BCUT2D eigenvalue weighted by Crippen LogP contribution is -2.41. The fourth-order valence-electron chi connectivity index (χ4n) is 2.67. The second-order valence-corrected chi connectivity index (χ2v) is 6.16. The molecule has 0 radical (unpaired) electrons. The van der Waals surface area contributed by atoms with Crippen molar-refractivity contribution in [1.29, 1.82) is 0 Å². The summed E-state index contributed by atoms with van der Waals surface area (Å²) in [6, 6.07) is 0.206. The van der Waals surface area contributed by atoms with Crippen LogP contribution in [0.1, 0.15) is 52.9 Å². The molecule has 3 nitrogen and oxygen atoms in total. The first-order valence-corrected chi connectivity index (χ1v) is 5.74. The predicted molar refractivity (Wildman–Crippen MR) is 60.6 cm³/mol. The second-order valence-electron chi connectivity index (χ2n) is 6.16. The Kier molecular flexibility index (Phi) is 3.44. The van der Waals surface area contributed by atoms with Crippen molar-refractivity contribution in [1.82, 2.24) is 0 Å². The summed E-state index contributed by atoms with van der Waals surface area (Å²) in [5.74, 6) is -0.635. The first-order valence-electron chi connectivity index (χ1n) is 5.74. The molecular formula is C12H23NO2. The van der Waals surface area contributed by atoms with Crippen molar-refractivity contribution in [2.45, 2.75) is 58.9 Å². The lowest BCUT2D eigenvalue weighted by Gasteiger charge is -2.39. The van der Waals surface area contributed by atoms with E-state index in [1.54, 1.807) is 0 Å². The highest BCUT2D eigenvalue weighted by atomic mass is 16.4. The summed E-state index contributed by atoms with van der Waals surface area (Å²) in [5.41, 5.74) is 5.38. The molecule has 0 bridgehead atoms. The number of carboxylic acid groups (broad SMARTS) is 1. The summed E-state index contributed by atoms with van der Waals surface area (Å²) in [4.78, 5) is 11.4. The van der Waals surface area contributed by atoms with E-state index in [1.807, 2.05) is 0 Å². The lowest BCUT2D eigenvalue weighted by atomic mass is 9.65. The van der Waals surface area contributed by atoms with E-state index >= 15 is 0 Å². The van der Waals surface area contributed by atoms with Crippen LogP contribution in [0.3, 0.4) is 0 Å². The average Bonchev–Trinajstić information content (AvgIpc) is 2.06. The van der Waals surface area contributed by atoms with Crippen LogP contribution in [0.15, 0.2) is 0 Å². The molecule has 0 aromatic rings. The summed E-state index contributed by atoms with van der Waals surface area (Å²) >= 11 is 0. The SMILES string of the molecule is CC(C)(C)CC1(C(=O)O)CCC(N)CC1. The Morgan fingerprint density at radius 3 is 2.20 bits per heavy atom. The molecule has 15 heavy (non-hydrogen) atoms. The number of carboxylic acids is 1. The Labute approximate surface area is 92.0 Å². The molecule has 1 rings (SSSR count). The van der Waals surface area contributed by atoms with E-state index in [4.69, 9.17) is 5.73 Å². The Morgan fingerprint density at radius 1 is 1.40 bits per heavy atom. The van der Waals surface area contributed by atoms with Gasteiger partial charge in [-0.1, -0.05) is 20.8 Å². The monoisotopic (exact) mass is 213 g/mol. The maximum absolute atomic E-state index is 11.4. The number of rotatable bonds is 2. The van der Waals surface area contributed by atoms with Gasteiger partial charge in [0.15, 0.2) is 0 Å². The van der Waals surface area contributed by atoms with Gasteiger partial charge in [-0.3, -0.25) is 4.79 Å². The zero-order valence-electron chi connectivity index (χ0n) is 10.0. The molecule has 1 fully saturated rings. The molecule has 0 unspecified atom stereocenters. The molecule has 1 aliphatic rings. The van der Waals surface area contributed by atoms with E-state index in [-0.39, 0.29) is 11.5 Å². The number of hydrogen-bond donors (Lipinski definition) is 2.